The summed E-state index contributed by atoms with van der Waals surface area (Å²) in [7, 11) is -1.98. The molecule has 0 saturated heterocycles. The Balaban J connectivity index is 1.74. The van der Waals surface area contributed by atoms with Crippen molar-refractivity contribution in [2.75, 3.05) is 19.8 Å². The molecule has 0 spiro atoms. The van der Waals surface area contributed by atoms with E-state index in [4.69, 9.17) is 16.3 Å². The number of likely N-dealkylation sites (N-methyl/N-ethyl adjacent to an activating group) is 1. The first-order valence-electron chi connectivity index (χ1n) is 7.59. The quantitative estimate of drug-likeness (QED) is 0.789. The Morgan fingerprint density at radius 3 is 2.46 bits per heavy atom. The highest BCUT2D eigenvalue weighted by Gasteiger charge is 2.25. The number of rotatable bonds is 6. The van der Waals surface area contributed by atoms with Gasteiger partial charge in [-0.2, -0.15) is 4.31 Å². The third-order valence-corrected chi connectivity index (χ3v) is 5.30. The zero-order chi connectivity index (χ0) is 17.7. The molecule has 1 aliphatic rings. The summed E-state index contributed by atoms with van der Waals surface area (Å²) >= 11 is 5.72. The van der Waals surface area contributed by atoms with Crippen LogP contribution >= 0.6 is 11.6 Å². The highest BCUT2D eigenvalue weighted by molar-refractivity contribution is 7.88. The molecule has 0 aliphatic heterocycles. The van der Waals surface area contributed by atoms with E-state index in [1.807, 2.05) is 0 Å². The molecular weight excluding hydrogens is 356 g/mol. The number of ether oxygens (including phenoxy) is 1. The first-order chi connectivity index (χ1) is 11.2. The van der Waals surface area contributed by atoms with Crippen LogP contribution in [0.25, 0.3) is 0 Å². The molecule has 0 unspecified atom stereocenters. The molecular formula is C14H21ClN4O4S. The Kier molecular flexibility index (Phi) is 6.36. The SMILES string of the molecule is CN(CC(=O)NC1CCC(Oc2ncc(Cl)cn2)CC1)S(C)(=O)=O. The van der Waals surface area contributed by atoms with Crippen molar-refractivity contribution in [1.82, 2.24) is 19.6 Å². The van der Waals surface area contributed by atoms with Crippen LogP contribution in [0.2, 0.25) is 5.02 Å². The van der Waals surface area contributed by atoms with Crippen LogP contribution in [0.1, 0.15) is 25.7 Å². The number of hydrogen-bond donors (Lipinski definition) is 1. The minimum absolute atomic E-state index is 0.00183. The fourth-order valence-electron chi connectivity index (χ4n) is 2.43. The Labute approximate surface area is 146 Å². The Morgan fingerprint density at radius 2 is 1.92 bits per heavy atom. The maximum atomic E-state index is 11.9. The maximum Gasteiger partial charge on any atom is 0.316 e. The van der Waals surface area contributed by atoms with Crippen molar-refractivity contribution in [1.29, 1.82) is 0 Å². The summed E-state index contributed by atoms with van der Waals surface area (Å²) in [4.78, 5) is 19.9. The van der Waals surface area contributed by atoms with Crippen LogP contribution in [0.15, 0.2) is 12.4 Å². The van der Waals surface area contributed by atoms with E-state index >= 15 is 0 Å². The first kappa shape index (κ1) is 18.9. The van der Waals surface area contributed by atoms with E-state index < -0.39 is 10.0 Å². The van der Waals surface area contributed by atoms with Crippen LogP contribution in [-0.2, 0) is 14.8 Å². The van der Waals surface area contributed by atoms with Gasteiger partial charge in [-0.25, -0.2) is 18.4 Å². The van der Waals surface area contributed by atoms with Crippen molar-refractivity contribution in [3.05, 3.63) is 17.4 Å². The van der Waals surface area contributed by atoms with E-state index in [0.717, 1.165) is 36.2 Å². The van der Waals surface area contributed by atoms with E-state index in [1.165, 1.54) is 19.4 Å². The van der Waals surface area contributed by atoms with Crippen LogP contribution in [-0.4, -0.2) is 60.6 Å². The minimum atomic E-state index is -3.36. The number of carbonyl (C=O) groups is 1. The van der Waals surface area contributed by atoms with Crippen LogP contribution < -0.4 is 10.1 Å². The van der Waals surface area contributed by atoms with Crippen molar-refractivity contribution < 1.29 is 17.9 Å². The molecule has 1 aromatic rings. The zero-order valence-electron chi connectivity index (χ0n) is 13.6. The molecule has 0 atom stereocenters. The summed E-state index contributed by atoms with van der Waals surface area (Å²) in [5.74, 6) is -0.298. The van der Waals surface area contributed by atoms with Crippen molar-refractivity contribution >= 4 is 27.5 Å². The van der Waals surface area contributed by atoms with E-state index in [1.54, 1.807) is 0 Å². The number of carbonyl (C=O) groups excluding carboxylic acids is 1. The number of amides is 1. The van der Waals surface area contributed by atoms with Gasteiger partial charge in [-0.3, -0.25) is 4.79 Å². The van der Waals surface area contributed by atoms with E-state index in [2.05, 4.69) is 15.3 Å². The molecule has 0 radical (unpaired) electrons. The van der Waals surface area contributed by atoms with Gasteiger partial charge in [0.2, 0.25) is 15.9 Å². The summed E-state index contributed by atoms with van der Waals surface area (Å²) in [6.07, 6.45) is 7.07. The van der Waals surface area contributed by atoms with Crippen LogP contribution in [0.3, 0.4) is 0 Å². The van der Waals surface area contributed by atoms with Gasteiger partial charge in [0.1, 0.15) is 6.10 Å². The van der Waals surface area contributed by atoms with Gasteiger partial charge in [0, 0.05) is 13.1 Å². The maximum absolute atomic E-state index is 11.9. The molecule has 8 nitrogen and oxygen atoms in total. The van der Waals surface area contributed by atoms with E-state index in [-0.39, 0.29) is 24.6 Å². The van der Waals surface area contributed by atoms with Crippen LogP contribution in [0.5, 0.6) is 6.01 Å². The molecule has 0 bridgehead atoms. The van der Waals surface area contributed by atoms with Crippen molar-refractivity contribution in [3.8, 4) is 6.01 Å². The number of sulfonamides is 1. The van der Waals surface area contributed by atoms with Gasteiger partial charge in [-0.1, -0.05) is 11.6 Å². The monoisotopic (exact) mass is 376 g/mol. The van der Waals surface area contributed by atoms with Gasteiger partial charge in [-0.05, 0) is 25.7 Å². The molecule has 1 aliphatic carbocycles. The van der Waals surface area contributed by atoms with Gasteiger partial charge in [0.25, 0.3) is 0 Å². The summed E-state index contributed by atoms with van der Waals surface area (Å²) in [5.41, 5.74) is 0. The van der Waals surface area contributed by atoms with E-state index in [9.17, 15) is 13.2 Å². The predicted octanol–water partition coefficient (Wildman–Crippen LogP) is 0.828. The van der Waals surface area contributed by atoms with Crippen LogP contribution in [0, 0.1) is 0 Å². The zero-order valence-corrected chi connectivity index (χ0v) is 15.2. The minimum Gasteiger partial charge on any atom is -0.460 e. The Bertz CT molecular complexity index is 660. The van der Waals surface area contributed by atoms with Crippen molar-refractivity contribution in [3.63, 3.8) is 0 Å². The third-order valence-electron chi connectivity index (χ3n) is 3.84. The molecule has 1 heterocycles. The highest BCUT2D eigenvalue weighted by atomic mass is 35.5. The lowest BCUT2D eigenvalue weighted by Gasteiger charge is -2.29. The molecule has 24 heavy (non-hydrogen) atoms. The summed E-state index contributed by atoms with van der Waals surface area (Å²) < 4.78 is 29.3. The fourth-order valence-corrected chi connectivity index (χ4v) is 2.88. The smallest absolute Gasteiger partial charge is 0.316 e. The largest absolute Gasteiger partial charge is 0.460 e. The van der Waals surface area contributed by atoms with Crippen molar-refractivity contribution in [2.45, 2.75) is 37.8 Å². The molecule has 2 rings (SSSR count). The van der Waals surface area contributed by atoms with Crippen molar-refractivity contribution in [2.24, 2.45) is 0 Å². The molecule has 0 aromatic carbocycles. The number of halogens is 1. The second kappa shape index (κ2) is 8.09. The second-order valence-corrected chi connectivity index (χ2v) is 8.39. The lowest BCUT2D eigenvalue weighted by atomic mass is 9.93. The number of aromatic nitrogens is 2. The predicted molar refractivity (Wildman–Crippen MR) is 89.3 cm³/mol. The third kappa shape index (κ3) is 5.88. The molecule has 1 aromatic heterocycles. The van der Waals surface area contributed by atoms with E-state index in [0.29, 0.717) is 11.0 Å². The molecule has 1 N–H and O–H groups in total. The molecule has 134 valence electrons. The average molecular weight is 377 g/mol. The number of nitrogens with zero attached hydrogens (tertiary/aromatic N) is 3. The first-order valence-corrected chi connectivity index (χ1v) is 9.81. The number of hydrogen-bond acceptors (Lipinski definition) is 6. The van der Waals surface area contributed by atoms with Crippen LogP contribution in [0.4, 0.5) is 0 Å². The molecule has 1 saturated carbocycles. The normalized spacial score (nSPS) is 21.5. The Morgan fingerprint density at radius 1 is 1.33 bits per heavy atom. The summed E-state index contributed by atoms with van der Waals surface area (Å²) in [5, 5.41) is 3.32. The lowest BCUT2D eigenvalue weighted by Crippen LogP contribution is -2.44. The van der Waals surface area contributed by atoms with Gasteiger partial charge < -0.3 is 10.1 Å². The molecule has 1 fully saturated rings. The second-order valence-electron chi connectivity index (χ2n) is 5.86. The fraction of sp³-hybridized carbons (Fsp3) is 0.643. The summed E-state index contributed by atoms with van der Waals surface area (Å²) in [6.45, 7) is -0.173. The molecule has 1 amide bonds. The number of nitrogens with one attached hydrogen (secondary N) is 1. The van der Waals surface area contributed by atoms with Gasteiger partial charge in [0.05, 0.1) is 30.2 Å². The average Bonchev–Trinajstić information content (AvgIpc) is 2.50. The Hall–Kier alpha value is -1.45. The summed E-state index contributed by atoms with van der Waals surface area (Å²) in [6, 6.07) is 0.318. The standard InChI is InChI=1S/C14H21ClN4O4S/c1-19(24(2,21)22)9-13(20)18-11-3-5-12(6-4-11)23-14-16-7-10(15)8-17-14/h7-8,11-12H,3-6,9H2,1-2H3,(H,18,20). The highest BCUT2D eigenvalue weighted by Crippen LogP contribution is 2.22. The van der Waals surface area contributed by atoms with Gasteiger partial charge in [0.15, 0.2) is 0 Å². The lowest BCUT2D eigenvalue weighted by molar-refractivity contribution is -0.122. The van der Waals surface area contributed by atoms with Gasteiger partial charge >= 0.3 is 6.01 Å². The molecule has 10 heteroatoms. The topological polar surface area (TPSA) is 101 Å². The van der Waals surface area contributed by atoms with Gasteiger partial charge in [-0.15, -0.1) is 0 Å².